The maximum absolute atomic E-state index is 12.6. The highest BCUT2D eigenvalue weighted by atomic mass is 19.4. The molecule has 2 aromatic heterocycles. The molecule has 2 aromatic rings. The van der Waals surface area contributed by atoms with Gasteiger partial charge in [-0.1, -0.05) is 0 Å². The first-order valence-electron chi connectivity index (χ1n) is 9.75. The summed E-state index contributed by atoms with van der Waals surface area (Å²) in [5, 5.41) is 10.8. The third kappa shape index (κ3) is 6.95. The number of morpholine rings is 1. The van der Waals surface area contributed by atoms with Crippen molar-refractivity contribution in [3.63, 3.8) is 0 Å². The molecule has 3 heterocycles. The zero-order valence-corrected chi connectivity index (χ0v) is 17.0. The number of alkyl halides is 3. The second-order valence-corrected chi connectivity index (χ2v) is 6.71. The number of nitrogens with one attached hydrogen (secondary N) is 2. The van der Waals surface area contributed by atoms with Crippen LogP contribution in [-0.2, 0) is 16.1 Å². The first-order chi connectivity index (χ1) is 14.8. The minimum atomic E-state index is -4.42. The van der Waals surface area contributed by atoms with Crippen LogP contribution in [0.25, 0.3) is 0 Å². The summed E-state index contributed by atoms with van der Waals surface area (Å²) in [6.07, 6.45) is -1.23. The van der Waals surface area contributed by atoms with E-state index in [4.69, 9.17) is 14.9 Å². The van der Waals surface area contributed by atoms with Gasteiger partial charge in [0.2, 0.25) is 0 Å². The first-order valence-corrected chi connectivity index (χ1v) is 9.75. The zero-order chi connectivity index (χ0) is 22.3. The van der Waals surface area contributed by atoms with E-state index >= 15 is 0 Å². The van der Waals surface area contributed by atoms with Crippen LogP contribution in [-0.4, -0.2) is 71.4 Å². The molecule has 1 aliphatic rings. The summed E-state index contributed by atoms with van der Waals surface area (Å²) in [6, 6.07) is 4.85. The van der Waals surface area contributed by atoms with Crippen LogP contribution in [0, 0.1) is 5.41 Å². The monoisotopic (exact) mass is 439 g/mol. The van der Waals surface area contributed by atoms with E-state index in [1.165, 1.54) is 13.1 Å². The normalized spacial score (nSPS) is 14.3. The summed E-state index contributed by atoms with van der Waals surface area (Å²) < 4.78 is 48.2. The predicted molar refractivity (Wildman–Crippen MR) is 108 cm³/mol. The zero-order valence-electron chi connectivity index (χ0n) is 17.0. The maximum Gasteiger partial charge on any atom is 0.406 e. The lowest BCUT2D eigenvalue weighted by atomic mass is 10.3. The molecule has 2 N–H and O–H groups in total. The van der Waals surface area contributed by atoms with Gasteiger partial charge >= 0.3 is 6.18 Å². The van der Waals surface area contributed by atoms with Crippen molar-refractivity contribution in [2.75, 3.05) is 49.6 Å². The topological polar surface area (TPSA) is 99.5 Å². The van der Waals surface area contributed by atoms with Gasteiger partial charge < -0.3 is 24.6 Å². The van der Waals surface area contributed by atoms with E-state index in [0.717, 1.165) is 29.5 Å². The van der Waals surface area contributed by atoms with Gasteiger partial charge in [-0.15, -0.1) is 0 Å². The number of pyridine rings is 1. The Morgan fingerprint density at radius 2 is 2.03 bits per heavy atom. The van der Waals surface area contributed by atoms with Gasteiger partial charge in [-0.3, -0.25) is 5.41 Å². The number of rotatable bonds is 7. The minimum absolute atomic E-state index is 0.00571. The molecule has 0 saturated carbocycles. The quantitative estimate of drug-likeness (QED) is 0.502. The van der Waals surface area contributed by atoms with E-state index in [1.807, 2.05) is 12.1 Å². The van der Waals surface area contributed by atoms with Gasteiger partial charge in [0.05, 0.1) is 25.1 Å². The Morgan fingerprint density at radius 1 is 1.26 bits per heavy atom. The van der Waals surface area contributed by atoms with E-state index < -0.39 is 18.7 Å². The van der Waals surface area contributed by atoms with Crippen LogP contribution in [0.2, 0.25) is 0 Å². The van der Waals surface area contributed by atoms with Crippen LogP contribution in [0.5, 0.6) is 0 Å². The number of hydrogen-bond donors (Lipinski definition) is 2. The van der Waals surface area contributed by atoms with Crippen molar-refractivity contribution in [3.05, 3.63) is 36.4 Å². The molecule has 0 spiro atoms. The van der Waals surface area contributed by atoms with Gasteiger partial charge in [0.25, 0.3) is 6.02 Å². The van der Waals surface area contributed by atoms with Crippen molar-refractivity contribution in [2.45, 2.75) is 19.7 Å². The van der Waals surface area contributed by atoms with Gasteiger partial charge in [0.1, 0.15) is 18.2 Å². The van der Waals surface area contributed by atoms with E-state index in [1.54, 1.807) is 12.3 Å². The summed E-state index contributed by atoms with van der Waals surface area (Å²) in [7, 11) is 0. The molecule has 31 heavy (non-hydrogen) atoms. The lowest BCUT2D eigenvalue weighted by Crippen LogP contribution is -2.39. The molecular formula is C19H24F3N7O2. The van der Waals surface area contributed by atoms with Gasteiger partial charge in [-0.05, 0) is 25.1 Å². The molecule has 0 radical (unpaired) electrons. The van der Waals surface area contributed by atoms with Crippen molar-refractivity contribution in [1.82, 2.24) is 19.9 Å². The Kier molecular flexibility index (Phi) is 7.45. The maximum atomic E-state index is 12.6. The average Bonchev–Trinajstić information content (AvgIpc) is 2.76. The molecule has 1 saturated heterocycles. The van der Waals surface area contributed by atoms with Crippen LogP contribution in [0.4, 0.5) is 30.5 Å². The van der Waals surface area contributed by atoms with Crippen molar-refractivity contribution in [1.29, 1.82) is 5.41 Å². The Morgan fingerprint density at radius 3 is 2.68 bits per heavy atom. The third-order valence-electron chi connectivity index (χ3n) is 4.44. The summed E-state index contributed by atoms with van der Waals surface area (Å²) in [5.41, 5.74) is 0.720. The molecule has 1 aliphatic heterocycles. The fraction of sp³-hybridized carbons (Fsp3) is 0.474. The molecule has 0 atom stereocenters. The first kappa shape index (κ1) is 22.5. The molecule has 0 amide bonds. The Labute approximate surface area is 177 Å². The fourth-order valence-electron chi connectivity index (χ4n) is 2.89. The molecule has 0 unspecified atom stereocenters. The number of amidine groups is 1. The van der Waals surface area contributed by atoms with Gasteiger partial charge in [0, 0.05) is 25.8 Å². The molecule has 1 fully saturated rings. The van der Waals surface area contributed by atoms with Gasteiger partial charge in [0.15, 0.2) is 12.4 Å². The van der Waals surface area contributed by atoms with Crippen molar-refractivity contribution in [2.24, 2.45) is 0 Å². The van der Waals surface area contributed by atoms with Gasteiger partial charge in [-0.2, -0.15) is 13.2 Å². The van der Waals surface area contributed by atoms with Crippen LogP contribution < -0.4 is 10.2 Å². The Bertz CT molecular complexity index is 858. The second kappa shape index (κ2) is 10.2. The smallest absolute Gasteiger partial charge is 0.406 e. The summed E-state index contributed by atoms with van der Waals surface area (Å²) >= 11 is 0. The molecule has 0 aromatic carbocycles. The molecule has 12 heteroatoms. The van der Waals surface area contributed by atoms with E-state index in [-0.39, 0.29) is 19.0 Å². The van der Waals surface area contributed by atoms with Crippen LogP contribution in [0.1, 0.15) is 12.7 Å². The van der Waals surface area contributed by atoms with Crippen LogP contribution >= 0.6 is 0 Å². The lowest BCUT2D eigenvalue weighted by molar-refractivity contribution is -0.139. The van der Waals surface area contributed by atoms with Crippen LogP contribution in [0.3, 0.4) is 0 Å². The molecule has 0 bridgehead atoms. The number of halogens is 3. The molecular weight excluding hydrogens is 415 g/mol. The molecule has 0 aliphatic carbocycles. The van der Waals surface area contributed by atoms with Crippen molar-refractivity contribution in [3.8, 4) is 0 Å². The highest BCUT2D eigenvalue weighted by Gasteiger charge is 2.31. The summed E-state index contributed by atoms with van der Waals surface area (Å²) in [5.74, 6) is 1.57. The average molecular weight is 439 g/mol. The molecule has 9 nitrogen and oxygen atoms in total. The lowest BCUT2D eigenvalue weighted by Gasteiger charge is -2.27. The number of aromatic nitrogens is 3. The number of anilines is 3. The Balaban J connectivity index is 1.55. The number of hydrogen-bond acceptors (Lipinski definition) is 8. The van der Waals surface area contributed by atoms with Crippen molar-refractivity contribution < 1.29 is 22.6 Å². The SMILES string of the molecule is CCN(CC(F)(F)F)C(=N)OCc1nccc(Nc2ccc(N3CCOCC3)nc2)n1. The molecule has 168 valence electrons. The highest BCUT2D eigenvalue weighted by Crippen LogP contribution is 2.19. The van der Waals surface area contributed by atoms with Crippen LogP contribution in [0.15, 0.2) is 30.6 Å². The standard InChI is InChI=1S/C19H24F3N7O2/c1-2-28(13-19(20,21)22)18(23)31-12-16-24-6-5-15(27-16)26-14-3-4-17(25-11-14)29-7-9-30-10-8-29/h3-6,11,23H,2,7-10,12-13H2,1H3,(H,24,26,27). The Hall–Kier alpha value is -3.15. The minimum Gasteiger partial charge on any atom is -0.457 e. The highest BCUT2D eigenvalue weighted by molar-refractivity contribution is 5.70. The third-order valence-corrected chi connectivity index (χ3v) is 4.44. The van der Waals surface area contributed by atoms with E-state index in [2.05, 4.69) is 25.2 Å². The van der Waals surface area contributed by atoms with Crippen molar-refractivity contribution >= 4 is 23.3 Å². The van der Waals surface area contributed by atoms with Gasteiger partial charge in [-0.25, -0.2) is 15.0 Å². The number of ether oxygens (including phenoxy) is 2. The number of nitrogens with zero attached hydrogens (tertiary/aromatic N) is 5. The molecule has 3 rings (SSSR count). The largest absolute Gasteiger partial charge is 0.457 e. The predicted octanol–water partition coefficient (Wildman–Crippen LogP) is 2.79. The summed E-state index contributed by atoms with van der Waals surface area (Å²) in [6.45, 7) is 2.98. The second-order valence-electron chi connectivity index (χ2n) is 6.71. The summed E-state index contributed by atoms with van der Waals surface area (Å²) in [4.78, 5) is 15.7. The van der Waals surface area contributed by atoms with E-state index in [9.17, 15) is 13.2 Å². The fourth-order valence-corrected chi connectivity index (χ4v) is 2.89. The van der Waals surface area contributed by atoms with E-state index in [0.29, 0.717) is 19.0 Å².